The number of hydrogen-bond donors (Lipinski definition) is 0. The van der Waals surface area contributed by atoms with Gasteiger partial charge in [-0.15, -0.1) is 3.77 Å². The lowest BCUT2D eigenvalue weighted by molar-refractivity contribution is 0.598. The van der Waals surface area contributed by atoms with Crippen molar-refractivity contribution in [2.75, 3.05) is 12.0 Å². The number of benzene rings is 1. The van der Waals surface area contributed by atoms with Crippen molar-refractivity contribution in [1.29, 1.82) is 0 Å². The molecule has 0 fully saturated rings. The van der Waals surface area contributed by atoms with Crippen LogP contribution in [0.5, 0.6) is 0 Å². The highest BCUT2D eigenvalue weighted by Gasteiger charge is 2.11. The molecule has 84 valence electrons. The lowest BCUT2D eigenvalue weighted by atomic mass is 10.2. The van der Waals surface area contributed by atoms with Crippen LogP contribution in [0, 0.1) is 6.92 Å². The van der Waals surface area contributed by atoms with E-state index in [0.29, 0.717) is 0 Å². The first-order valence-electron chi connectivity index (χ1n) is 4.63. The molecule has 1 rings (SSSR count). The van der Waals surface area contributed by atoms with Crippen LogP contribution in [0.3, 0.4) is 0 Å². The fourth-order valence-corrected chi connectivity index (χ4v) is 3.56. The topological polar surface area (TPSA) is 46.5 Å². The molecule has 0 saturated heterocycles. The second kappa shape index (κ2) is 4.90. The zero-order chi connectivity index (χ0) is 11.5. The Morgan fingerprint density at radius 2 is 1.80 bits per heavy atom. The highest BCUT2D eigenvalue weighted by molar-refractivity contribution is 7.99. The van der Waals surface area contributed by atoms with E-state index in [4.69, 9.17) is 0 Å². The zero-order valence-corrected chi connectivity index (χ0v) is 10.7. The SMILES string of the molecule is CC[S@](C)=NS(=O)(=O)c1ccc(C)cc1. The third-order valence-electron chi connectivity index (χ3n) is 1.96. The number of nitrogens with zero attached hydrogens (tertiary/aromatic N) is 1. The first kappa shape index (κ1) is 12.4. The second-order valence-electron chi connectivity index (χ2n) is 3.25. The highest BCUT2D eigenvalue weighted by atomic mass is 32.3. The Labute approximate surface area is 93.7 Å². The van der Waals surface area contributed by atoms with Gasteiger partial charge < -0.3 is 0 Å². The van der Waals surface area contributed by atoms with E-state index in [0.717, 1.165) is 11.3 Å². The number of hydrogen-bond acceptors (Lipinski definition) is 2. The van der Waals surface area contributed by atoms with E-state index in [1.807, 2.05) is 20.1 Å². The van der Waals surface area contributed by atoms with Crippen molar-refractivity contribution < 1.29 is 8.42 Å². The molecule has 0 amide bonds. The molecule has 5 heteroatoms. The Morgan fingerprint density at radius 1 is 1.27 bits per heavy atom. The van der Waals surface area contributed by atoms with Gasteiger partial charge in [0.1, 0.15) is 0 Å². The third-order valence-corrected chi connectivity index (χ3v) is 5.47. The Hall–Kier alpha value is -0.680. The Bertz CT molecular complexity index is 461. The van der Waals surface area contributed by atoms with Gasteiger partial charge in [-0.3, -0.25) is 0 Å². The molecule has 0 unspecified atom stereocenters. The molecule has 0 aliphatic rings. The standard InChI is InChI=1S/C10H15NO2S2/c1-4-14(3)11-15(12,13)10-7-5-9(2)6-8-10/h5-8H,4H2,1-3H3/t14-/m0/s1. The smallest absolute Gasteiger partial charge is 0.199 e. The summed E-state index contributed by atoms with van der Waals surface area (Å²) in [6, 6.07) is 6.76. The first-order chi connectivity index (χ1) is 6.95. The molecule has 0 aliphatic heterocycles. The van der Waals surface area contributed by atoms with Crippen LogP contribution in [-0.2, 0) is 20.7 Å². The number of sulfonamides is 1. The van der Waals surface area contributed by atoms with E-state index in [9.17, 15) is 8.42 Å². The summed E-state index contributed by atoms with van der Waals surface area (Å²) in [6.45, 7) is 3.85. The molecule has 0 aromatic heterocycles. The molecule has 15 heavy (non-hydrogen) atoms. The van der Waals surface area contributed by atoms with E-state index in [1.165, 1.54) is 0 Å². The van der Waals surface area contributed by atoms with Gasteiger partial charge in [0, 0.05) is 5.75 Å². The van der Waals surface area contributed by atoms with Gasteiger partial charge in [0.05, 0.1) is 4.90 Å². The average Bonchev–Trinajstić information content (AvgIpc) is 2.17. The normalized spacial score (nSPS) is 14.1. The van der Waals surface area contributed by atoms with Gasteiger partial charge >= 0.3 is 0 Å². The van der Waals surface area contributed by atoms with E-state index in [-0.39, 0.29) is 4.90 Å². The number of rotatable bonds is 3. The third kappa shape index (κ3) is 3.43. The fourth-order valence-electron chi connectivity index (χ4n) is 0.973. The van der Waals surface area contributed by atoms with Crippen molar-refractivity contribution in [3.8, 4) is 0 Å². The van der Waals surface area contributed by atoms with Crippen molar-refractivity contribution in [1.82, 2.24) is 0 Å². The van der Waals surface area contributed by atoms with Gasteiger partial charge in [0.25, 0.3) is 10.0 Å². The van der Waals surface area contributed by atoms with Crippen LogP contribution < -0.4 is 0 Å². The molecule has 3 nitrogen and oxygen atoms in total. The van der Waals surface area contributed by atoms with Gasteiger partial charge in [-0.1, -0.05) is 35.3 Å². The molecule has 0 spiro atoms. The van der Waals surface area contributed by atoms with Gasteiger partial charge in [0.15, 0.2) is 0 Å². The van der Waals surface area contributed by atoms with Crippen LogP contribution in [0.15, 0.2) is 32.9 Å². The number of aryl methyl sites for hydroxylation is 1. The summed E-state index contributed by atoms with van der Waals surface area (Å²) in [4.78, 5) is 0.279. The van der Waals surface area contributed by atoms with Gasteiger partial charge in [-0.05, 0) is 25.3 Å². The van der Waals surface area contributed by atoms with Gasteiger partial charge in [0.2, 0.25) is 0 Å². The van der Waals surface area contributed by atoms with Crippen LogP contribution in [-0.4, -0.2) is 20.4 Å². The predicted octanol–water partition coefficient (Wildman–Crippen LogP) is 2.14. The van der Waals surface area contributed by atoms with Crippen molar-refractivity contribution in [3.05, 3.63) is 29.8 Å². The molecular weight excluding hydrogens is 230 g/mol. The minimum Gasteiger partial charge on any atom is -0.199 e. The summed E-state index contributed by atoms with van der Waals surface area (Å²) >= 11 is 0. The molecule has 1 aromatic carbocycles. The van der Waals surface area contributed by atoms with E-state index >= 15 is 0 Å². The minimum atomic E-state index is -3.45. The van der Waals surface area contributed by atoms with E-state index in [1.54, 1.807) is 24.3 Å². The summed E-state index contributed by atoms with van der Waals surface area (Å²) in [5.41, 5.74) is 1.04. The summed E-state index contributed by atoms with van der Waals surface area (Å²) < 4.78 is 27.3. The quantitative estimate of drug-likeness (QED) is 0.819. The van der Waals surface area contributed by atoms with Crippen LogP contribution in [0.1, 0.15) is 12.5 Å². The Morgan fingerprint density at radius 3 is 2.27 bits per heavy atom. The molecule has 0 radical (unpaired) electrons. The van der Waals surface area contributed by atoms with Crippen LogP contribution in [0.25, 0.3) is 0 Å². The molecular formula is C10H15NO2S2. The van der Waals surface area contributed by atoms with Crippen LogP contribution >= 0.6 is 0 Å². The summed E-state index contributed by atoms with van der Waals surface area (Å²) in [5.74, 6) is 0.755. The van der Waals surface area contributed by atoms with Crippen molar-refractivity contribution >= 4 is 20.7 Å². The lowest BCUT2D eigenvalue weighted by Gasteiger charge is -2.01. The largest absolute Gasteiger partial charge is 0.287 e. The minimum absolute atomic E-state index is 0.279. The summed E-state index contributed by atoms with van der Waals surface area (Å²) in [6.07, 6.45) is 1.83. The Kier molecular flexibility index (Phi) is 4.04. The highest BCUT2D eigenvalue weighted by Crippen LogP contribution is 2.13. The first-order valence-corrected chi connectivity index (χ1v) is 7.83. The monoisotopic (exact) mass is 245 g/mol. The lowest BCUT2D eigenvalue weighted by Crippen LogP contribution is -2.00. The zero-order valence-electron chi connectivity index (χ0n) is 9.10. The summed E-state index contributed by atoms with van der Waals surface area (Å²) in [5, 5.41) is 0. The van der Waals surface area contributed by atoms with Gasteiger partial charge in [-0.2, -0.15) is 8.42 Å². The fraction of sp³-hybridized carbons (Fsp3) is 0.400. The van der Waals surface area contributed by atoms with Crippen LogP contribution in [0.4, 0.5) is 0 Å². The van der Waals surface area contributed by atoms with E-state index < -0.39 is 20.7 Å². The Balaban J connectivity index is 3.13. The summed E-state index contributed by atoms with van der Waals surface area (Å²) in [7, 11) is -3.87. The molecule has 0 aliphatic carbocycles. The average molecular weight is 245 g/mol. The van der Waals surface area contributed by atoms with Crippen molar-refractivity contribution in [3.63, 3.8) is 0 Å². The predicted molar refractivity (Wildman–Crippen MR) is 64.6 cm³/mol. The van der Waals surface area contributed by atoms with E-state index in [2.05, 4.69) is 3.77 Å². The van der Waals surface area contributed by atoms with Crippen LogP contribution in [0.2, 0.25) is 0 Å². The maximum absolute atomic E-state index is 11.8. The van der Waals surface area contributed by atoms with Crippen molar-refractivity contribution in [2.45, 2.75) is 18.7 Å². The maximum atomic E-state index is 11.8. The molecule has 1 aromatic rings. The molecule has 0 bridgehead atoms. The maximum Gasteiger partial charge on any atom is 0.287 e. The molecule has 0 saturated carbocycles. The molecule has 1 atom stereocenters. The molecule has 0 heterocycles. The van der Waals surface area contributed by atoms with Gasteiger partial charge in [-0.25, -0.2) is 0 Å². The second-order valence-corrected chi connectivity index (χ2v) is 7.05. The molecule has 0 N–H and O–H groups in total. The van der Waals surface area contributed by atoms with Crippen molar-refractivity contribution in [2.24, 2.45) is 3.77 Å².